The zero-order valence-corrected chi connectivity index (χ0v) is 12.2. The van der Waals surface area contributed by atoms with Crippen molar-refractivity contribution in [3.05, 3.63) is 29.8 Å². The lowest BCUT2D eigenvalue weighted by Crippen LogP contribution is -2.42. The molecule has 0 aromatic heterocycles. The lowest BCUT2D eigenvalue weighted by Gasteiger charge is -2.23. The lowest BCUT2D eigenvalue weighted by molar-refractivity contribution is -0.132. The van der Waals surface area contributed by atoms with Crippen molar-refractivity contribution in [3.63, 3.8) is 0 Å². The Hall–Kier alpha value is -1.55. The second-order valence-electron chi connectivity index (χ2n) is 5.24. The first-order chi connectivity index (χ1) is 8.95. The monoisotopic (exact) mass is 264 g/mol. The van der Waals surface area contributed by atoms with Crippen LogP contribution in [0.2, 0.25) is 0 Å². The third-order valence-corrected chi connectivity index (χ3v) is 3.02. The van der Waals surface area contributed by atoms with Gasteiger partial charge in [-0.1, -0.05) is 32.0 Å². The Morgan fingerprint density at radius 2 is 2.00 bits per heavy atom. The minimum Gasteiger partial charge on any atom is -0.496 e. The number of nitrogens with zero attached hydrogens (tertiary/aromatic N) is 1. The largest absolute Gasteiger partial charge is 0.496 e. The number of nitrogens with two attached hydrogens (primary N) is 1. The maximum Gasteiger partial charge on any atom is 0.239 e. The van der Waals surface area contributed by atoms with Crippen LogP contribution in [0.1, 0.15) is 25.8 Å². The topological polar surface area (TPSA) is 55.6 Å². The van der Waals surface area contributed by atoms with Crippen LogP contribution in [0.5, 0.6) is 5.75 Å². The first-order valence-electron chi connectivity index (χ1n) is 6.58. The van der Waals surface area contributed by atoms with E-state index < -0.39 is 6.04 Å². The Morgan fingerprint density at radius 1 is 1.37 bits per heavy atom. The third-order valence-electron chi connectivity index (χ3n) is 3.02. The van der Waals surface area contributed by atoms with Crippen LogP contribution >= 0.6 is 0 Å². The summed E-state index contributed by atoms with van der Waals surface area (Å²) in [6.45, 7) is 4.63. The van der Waals surface area contributed by atoms with Crippen LogP contribution in [0.25, 0.3) is 0 Å². The Kier molecular flexibility index (Phi) is 5.83. The average Bonchev–Trinajstić information content (AvgIpc) is 2.37. The number of likely N-dealkylation sites (N-methyl/N-ethyl adjacent to an activating group) is 1. The van der Waals surface area contributed by atoms with Crippen LogP contribution in [-0.4, -0.2) is 31.0 Å². The second-order valence-corrected chi connectivity index (χ2v) is 5.24. The molecule has 1 rings (SSSR count). The Balaban J connectivity index is 2.68. The second kappa shape index (κ2) is 7.14. The van der Waals surface area contributed by atoms with E-state index in [-0.39, 0.29) is 5.91 Å². The van der Waals surface area contributed by atoms with Crippen LogP contribution < -0.4 is 10.5 Å². The van der Waals surface area contributed by atoms with Gasteiger partial charge in [-0.05, 0) is 18.4 Å². The summed E-state index contributed by atoms with van der Waals surface area (Å²) in [6.07, 6.45) is 0.703. The zero-order valence-electron chi connectivity index (χ0n) is 12.2. The van der Waals surface area contributed by atoms with Gasteiger partial charge in [-0.15, -0.1) is 0 Å². The number of ether oxygens (including phenoxy) is 1. The minimum absolute atomic E-state index is 0.0281. The molecule has 0 spiro atoms. The molecule has 0 bridgehead atoms. The Morgan fingerprint density at radius 3 is 2.58 bits per heavy atom. The molecule has 1 unspecified atom stereocenters. The van der Waals surface area contributed by atoms with Crippen molar-refractivity contribution in [2.45, 2.75) is 32.9 Å². The van der Waals surface area contributed by atoms with Crippen molar-refractivity contribution in [1.29, 1.82) is 0 Å². The number of rotatable bonds is 6. The summed E-state index contributed by atoms with van der Waals surface area (Å²) in [5.74, 6) is 1.18. The normalized spacial score (nSPS) is 12.3. The van der Waals surface area contributed by atoms with Crippen molar-refractivity contribution in [2.24, 2.45) is 11.7 Å². The van der Waals surface area contributed by atoms with Crippen molar-refractivity contribution < 1.29 is 9.53 Å². The number of amides is 1. The molecule has 0 aliphatic carbocycles. The molecule has 1 aromatic rings. The highest BCUT2D eigenvalue weighted by Crippen LogP contribution is 2.19. The molecule has 0 saturated carbocycles. The van der Waals surface area contributed by atoms with Gasteiger partial charge in [0.05, 0.1) is 13.2 Å². The van der Waals surface area contributed by atoms with Crippen LogP contribution in [0.3, 0.4) is 0 Å². The van der Waals surface area contributed by atoms with E-state index in [0.717, 1.165) is 11.3 Å². The van der Waals surface area contributed by atoms with Gasteiger partial charge in [0.25, 0.3) is 0 Å². The molecule has 0 aliphatic rings. The fourth-order valence-electron chi connectivity index (χ4n) is 2.06. The third kappa shape index (κ3) is 4.56. The number of benzene rings is 1. The quantitative estimate of drug-likeness (QED) is 0.855. The van der Waals surface area contributed by atoms with Crippen LogP contribution in [-0.2, 0) is 11.3 Å². The number of hydrogen-bond donors (Lipinski definition) is 1. The SMILES string of the molecule is COc1ccccc1CN(C)C(=O)C(N)CC(C)C. The number of carbonyl (C=O) groups is 1. The van der Waals surface area contributed by atoms with Gasteiger partial charge >= 0.3 is 0 Å². The minimum atomic E-state index is -0.431. The summed E-state index contributed by atoms with van der Waals surface area (Å²) >= 11 is 0. The highest BCUT2D eigenvalue weighted by molar-refractivity contribution is 5.81. The Labute approximate surface area is 115 Å². The van der Waals surface area contributed by atoms with Gasteiger partial charge in [-0.3, -0.25) is 4.79 Å². The van der Waals surface area contributed by atoms with Crippen molar-refractivity contribution in [1.82, 2.24) is 4.90 Å². The summed E-state index contributed by atoms with van der Waals surface area (Å²) in [5, 5.41) is 0. The molecule has 4 heteroatoms. The molecular weight excluding hydrogens is 240 g/mol. The molecular formula is C15H24N2O2. The van der Waals surface area contributed by atoms with Crippen molar-refractivity contribution >= 4 is 5.91 Å². The maximum absolute atomic E-state index is 12.1. The fraction of sp³-hybridized carbons (Fsp3) is 0.533. The van der Waals surface area contributed by atoms with E-state index in [2.05, 4.69) is 13.8 Å². The number of methoxy groups -OCH3 is 1. The van der Waals surface area contributed by atoms with Crippen molar-refractivity contribution in [3.8, 4) is 5.75 Å². The molecule has 2 N–H and O–H groups in total. The molecule has 106 valence electrons. The highest BCUT2D eigenvalue weighted by atomic mass is 16.5. The molecule has 4 nitrogen and oxygen atoms in total. The summed E-state index contributed by atoms with van der Waals surface area (Å²) < 4.78 is 5.28. The predicted octanol–water partition coefficient (Wildman–Crippen LogP) is 2.03. The van der Waals surface area contributed by atoms with Gasteiger partial charge in [0.15, 0.2) is 0 Å². The summed E-state index contributed by atoms with van der Waals surface area (Å²) in [7, 11) is 3.40. The van der Waals surface area contributed by atoms with Gasteiger partial charge in [0.2, 0.25) is 5.91 Å². The Bertz CT molecular complexity index is 418. The van der Waals surface area contributed by atoms with Gasteiger partial charge in [0.1, 0.15) is 5.75 Å². The van der Waals surface area contributed by atoms with Gasteiger partial charge < -0.3 is 15.4 Å². The van der Waals surface area contributed by atoms with Crippen LogP contribution in [0, 0.1) is 5.92 Å². The van der Waals surface area contributed by atoms with Crippen LogP contribution in [0.4, 0.5) is 0 Å². The van der Waals surface area contributed by atoms with Gasteiger partial charge in [-0.2, -0.15) is 0 Å². The van der Waals surface area contributed by atoms with E-state index in [9.17, 15) is 4.79 Å². The number of para-hydroxylation sites is 1. The van der Waals surface area contributed by atoms with E-state index in [1.807, 2.05) is 24.3 Å². The van der Waals surface area contributed by atoms with Crippen LogP contribution in [0.15, 0.2) is 24.3 Å². The molecule has 19 heavy (non-hydrogen) atoms. The standard InChI is InChI=1S/C15H24N2O2/c1-11(2)9-13(16)15(18)17(3)10-12-7-5-6-8-14(12)19-4/h5-8,11,13H,9-10,16H2,1-4H3. The molecule has 0 aliphatic heterocycles. The molecule has 1 aromatic carbocycles. The van der Waals surface area contributed by atoms with E-state index in [1.54, 1.807) is 19.1 Å². The molecule has 1 amide bonds. The van der Waals surface area contributed by atoms with Gasteiger partial charge in [-0.25, -0.2) is 0 Å². The summed E-state index contributed by atoms with van der Waals surface area (Å²) in [6, 6.07) is 7.26. The first kappa shape index (κ1) is 15.5. The van der Waals surface area contributed by atoms with E-state index in [0.29, 0.717) is 18.9 Å². The van der Waals surface area contributed by atoms with E-state index in [4.69, 9.17) is 10.5 Å². The predicted molar refractivity (Wildman–Crippen MR) is 76.9 cm³/mol. The molecule has 0 heterocycles. The van der Waals surface area contributed by atoms with Gasteiger partial charge in [0, 0.05) is 19.2 Å². The summed E-state index contributed by atoms with van der Waals surface area (Å²) in [5.41, 5.74) is 6.90. The number of hydrogen-bond acceptors (Lipinski definition) is 3. The lowest BCUT2D eigenvalue weighted by atomic mass is 10.0. The molecule has 0 radical (unpaired) electrons. The smallest absolute Gasteiger partial charge is 0.239 e. The highest BCUT2D eigenvalue weighted by Gasteiger charge is 2.19. The fourth-order valence-corrected chi connectivity index (χ4v) is 2.06. The first-order valence-corrected chi connectivity index (χ1v) is 6.58. The molecule has 0 saturated heterocycles. The number of carbonyl (C=O) groups excluding carboxylic acids is 1. The van der Waals surface area contributed by atoms with Crippen molar-refractivity contribution in [2.75, 3.05) is 14.2 Å². The average molecular weight is 264 g/mol. The molecule has 1 atom stereocenters. The molecule has 0 fully saturated rings. The van der Waals surface area contributed by atoms with E-state index in [1.165, 1.54) is 0 Å². The zero-order chi connectivity index (χ0) is 14.4. The maximum atomic E-state index is 12.1. The summed E-state index contributed by atoms with van der Waals surface area (Å²) in [4.78, 5) is 13.8. The van der Waals surface area contributed by atoms with E-state index >= 15 is 0 Å².